The van der Waals surface area contributed by atoms with Gasteiger partial charge >= 0.3 is 5.97 Å². The van der Waals surface area contributed by atoms with Gasteiger partial charge in [0.25, 0.3) is 0 Å². The van der Waals surface area contributed by atoms with Crippen molar-refractivity contribution >= 4 is 17.3 Å². The summed E-state index contributed by atoms with van der Waals surface area (Å²) in [6, 6.07) is 0. The van der Waals surface area contributed by atoms with Gasteiger partial charge in [-0.25, -0.2) is 9.78 Å². The summed E-state index contributed by atoms with van der Waals surface area (Å²) in [7, 11) is 1.62. The third-order valence-corrected chi connectivity index (χ3v) is 4.13. The number of aromatic nitrogens is 1. The Morgan fingerprint density at radius 3 is 2.50 bits per heavy atom. The van der Waals surface area contributed by atoms with E-state index >= 15 is 0 Å². The number of aryl methyl sites for hydroxylation is 1. The number of hydrogen-bond donors (Lipinski definition) is 1. The number of carbonyl (C=O) groups is 1. The number of carboxylic acids is 1. The molecule has 5 heteroatoms. The van der Waals surface area contributed by atoms with E-state index in [1.54, 1.807) is 7.11 Å². The maximum Gasteiger partial charge on any atom is 0.347 e. The predicted octanol–water partition coefficient (Wildman–Crippen LogP) is 2.68. The SMILES string of the molecule is CCc1nc(C(C)(CC)OC)sc1C(=O)O. The Hall–Kier alpha value is -0.940. The molecule has 0 fully saturated rings. The van der Waals surface area contributed by atoms with Crippen molar-refractivity contribution in [2.24, 2.45) is 0 Å². The van der Waals surface area contributed by atoms with Gasteiger partial charge in [-0.05, 0) is 19.8 Å². The first-order valence-corrected chi connectivity index (χ1v) is 6.08. The van der Waals surface area contributed by atoms with Gasteiger partial charge in [-0.2, -0.15) is 0 Å². The number of nitrogens with zero attached hydrogens (tertiary/aromatic N) is 1. The van der Waals surface area contributed by atoms with Crippen molar-refractivity contribution in [1.29, 1.82) is 0 Å². The summed E-state index contributed by atoms with van der Waals surface area (Å²) in [6.07, 6.45) is 1.39. The average Bonchev–Trinajstić information content (AvgIpc) is 2.72. The number of aromatic carboxylic acids is 1. The van der Waals surface area contributed by atoms with Crippen LogP contribution in [0.1, 0.15) is 47.6 Å². The second-order valence-corrected chi connectivity index (χ2v) is 4.74. The lowest BCUT2D eigenvalue weighted by molar-refractivity contribution is -0.00166. The Labute approximate surface area is 99.3 Å². The zero-order valence-electron chi connectivity index (χ0n) is 10.0. The van der Waals surface area contributed by atoms with Crippen molar-refractivity contribution < 1.29 is 14.6 Å². The zero-order chi connectivity index (χ0) is 12.3. The normalized spacial score (nSPS) is 14.8. The first kappa shape index (κ1) is 13.1. The molecule has 0 saturated heterocycles. The van der Waals surface area contributed by atoms with Gasteiger partial charge in [-0.3, -0.25) is 0 Å². The highest BCUT2D eigenvalue weighted by Gasteiger charge is 2.30. The third kappa shape index (κ3) is 2.25. The van der Waals surface area contributed by atoms with Gasteiger partial charge < -0.3 is 9.84 Å². The number of hydrogen-bond acceptors (Lipinski definition) is 4. The quantitative estimate of drug-likeness (QED) is 0.863. The van der Waals surface area contributed by atoms with Crippen molar-refractivity contribution in [1.82, 2.24) is 4.98 Å². The Kier molecular flexibility index (Phi) is 4.04. The van der Waals surface area contributed by atoms with Crippen LogP contribution in [0.25, 0.3) is 0 Å². The van der Waals surface area contributed by atoms with E-state index in [4.69, 9.17) is 9.84 Å². The molecule has 0 bridgehead atoms. The number of thiazole rings is 1. The molecule has 90 valence electrons. The van der Waals surface area contributed by atoms with Gasteiger partial charge in [0, 0.05) is 7.11 Å². The van der Waals surface area contributed by atoms with Crippen molar-refractivity contribution in [2.75, 3.05) is 7.11 Å². The summed E-state index contributed by atoms with van der Waals surface area (Å²) < 4.78 is 5.42. The molecule has 1 aromatic rings. The first-order chi connectivity index (χ1) is 7.48. The summed E-state index contributed by atoms with van der Waals surface area (Å²) in [5.41, 5.74) is 0.159. The van der Waals surface area contributed by atoms with Crippen molar-refractivity contribution in [3.63, 3.8) is 0 Å². The van der Waals surface area contributed by atoms with Gasteiger partial charge in [0.05, 0.1) is 5.69 Å². The zero-order valence-corrected chi connectivity index (χ0v) is 10.8. The van der Waals surface area contributed by atoms with Crippen LogP contribution in [0.5, 0.6) is 0 Å². The lowest BCUT2D eigenvalue weighted by Crippen LogP contribution is -2.22. The molecule has 0 amide bonds. The minimum Gasteiger partial charge on any atom is -0.477 e. The fourth-order valence-corrected chi connectivity index (χ4v) is 2.56. The number of ether oxygens (including phenoxy) is 1. The van der Waals surface area contributed by atoms with E-state index < -0.39 is 11.6 Å². The molecule has 0 aliphatic carbocycles. The van der Waals surface area contributed by atoms with Gasteiger partial charge in [-0.1, -0.05) is 13.8 Å². The molecule has 4 nitrogen and oxygen atoms in total. The molecule has 1 heterocycles. The fourth-order valence-electron chi connectivity index (χ4n) is 1.37. The van der Waals surface area contributed by atoms with Crippen molar-refractivity contribution in [3.05, 3.63) is 15.6 Å². The maximum atomic E-state index is 11.0. The van der Waals surface area contributed by atoms with E-state index in [1.165, 1.54) is 11.3 Å². The molecule has 16 heavy (non-hydrogen) atoms. The van der Waals surface area contributed by atoms with E-state index in [-0.39, 0.29) is 0 Å². The molecule has 1 atom stereocenters. The number of methoxy groups -OCH3 is 1. The minimum absolute atomic E-state index is 0.328. The fraction of sp³-hybridized carbons (Fsp3) is 0.636. The molecule has 1 rings (SSSR count). The molecule has 0 aliphatic rings. The lowest BCUT2D eigenvalue weighted by atomic mass is 10.1. The number of carboxylic acid groups (broad SMARTS) is 1. The van der Waals surface area contributed by atoms with Crippen LogP contribution < -0.4 is 0 Å². The van der Waals surface area contributed by atoms with E-state index in [0.29, 0.717) is 17.0 Å². The van der Waals surface area contributed by atoms with Gasteiger partial charge in [-0.15, -0.1) is 11.3 Å². The summed E-state index contributed by atoms with van der Waals surface area (Å²) in [4.78, 5) is 15.7. The Bertz CT molecular complexity index is 383. The standard InChI is InChI=1S/C11H17NO3S/c1-5-7-8(9(13)14)16-10(12-7)11(3,6-2)15-4/h5-6H2,1-4H3,(H,13,14). The molecule has 0 spiro atoms. The topological polar surface area (TPSA) is 59.4 Å². The van der Waals surface area contributed by atoms with Crippen LogP contribution in [-0.4, -0.2) is 23.2 Å². The average molecular weight is 243 g/mol. The Morgan fingerprint density at radius 1 is 1.56 bits per heavy atom. The molecule has 0 aliphatic heterocycles. The molecular formula is C11H17NO3S. The largest absolute Gasteiger partial charge is 0.477 e. The smallest absolute Gasteiger partial charge is 0.347 e. The highest BCUT2D eigenvalue weighted by atomic mass is 32.1. The second kappa shape index (κ2) is 4.93. The van der Waals surface area contributed by atoms with E-state index in [2.05, 4.69) is 4.98 Å². The Balaban J connectivity index is 3.21. The van der Waals surface area contributed by atoms with Gasteiger partial charge in [0.2, 0.25) is 0 Å². The molecular weight excluding hydrogens is 226 g/mol. The molecule has 1 aromatic heterocycles. The predicted molar refractivity (Wildman–Crippen MR) is 63.1 cm³/mol. The lowest BCUT2D eigenvalue weighted by Gasteiger charge is -2.23. The summed E-state index contributed by atoms with van der Waals surface area (Å²) in [5.74, 6) is -0.907. The van der Waals surface area contributed by atoms with Crippen LogP contribution in [0.15, 0.2) is 0 Å². The van der Waals surface area contributed by atoms with Crippen LogP contribution in [0.3, 0.4) is 0 Å². The van der Waals surface area contributed by atoms with Gasteiger partial charge in [0.1, 0.15) is 15.5 Å². The Morgan fingerprint density at radius 2 is 2.19 bits per heavy atom. The molecule has 1 unspecified atom stereocenters. The van der Waals surface area contributed by atoms with Crippen molar-refractivity contribution in [2.45, 2.75) is 39.2 Å². The third-order valence-electron chi connectivity index (χ3n) is 2.80. The highest BCUT2D eigenvalue weighted by Crippen LogP contribution is 2.33. The van der Waals surface area contributed by atoms with Crippen LogP contribution in [0.2, 0.25) is 0 Å². The summed E-state index contributed by atoms with van der Waals surface area (Å²) >= 11 is 1.21. The van der Waals surface area contributed by atoms with Crippen molar-refractivity contribution in [3.8, 4) is 0 Å². The van der Waals surface area contributed by atoms with E-state index in [9.17, 15) is 4.79 Å². The summed E-state index contributed by atoms with van der Waals surface area (Å²) in [6.45, 7) is 5.83. The minimum atomic E-state index is -0.907. The molecule has 1 N–H and O–H groups in total. The molecule has 0 aromatic carbocycles. The van der Waals surface area contributed by atoms with Crippen LogP contribution in [-0.2, 0) is 16.8 Å². The second-order valence-electron chi connectivity index (χ2n) is 3.74. The maximum absolute atomic E-state index is 11.0. The van der Waals surface area contributed by atoms with Crippen LogP contribution in [0, 0.1) is 0 Å². The van der Waals surface area contributed by atoms with Gasteiger partial charge in [0.15, 0.2) is 0 Å². The molecule has 0 saturated carbocycles. The number of rotatable bonds is 5. The van der Waals surface area contributed by atoms with Crippen LogP contribution in [0.4, 0.5) is 0 Å². The monoisotopic (exact) mass is 243 g/mol. The summed E-state index contributed by atoms with van der Waals surface area (Å²) in [5, 5.41) is 9.79. The highest BCUT2D eigenvalue weighted by molar-refractivity contribution is 7.13. The van der Waals surface area contributed by atoms with E-state index in [0.717, 1.165) is 11.4 Å². The van der Waals surface area contributed by atoms with E-state index in [1.807, 2.05) is 20.8 Å². The van der Waals surface area contributed by atoms with Crippen LogP contribution >= 0.6 is 11.3 Å². The molecule has 0 radical (unpaired) electrons. The first-order valence-electron chi connectivity index (χ1n) is 5.27.